The lowest BCUT2D eigenvalue weighted by Gasteiger charge is -2.26. The molecule has 1 unspecified atom stereocenters. The van der Waals surface area contributed by atoms with Crippen molar-refractivity contribution in [3.05, 3.63) is 35.4 Å². The Balaban J connectivity index is 1.66. The lowest BCUT2D eigenvalue weighted by atomic mass is 9.96. The van der Waals surface area contributed by atoms with Gasteiger partial charge < -0.3 is 10.6 Å². The largest absolute Gasteiger partial charge is 0.389 e. The van der Waals surface area contributed by atoms with Crippen LogP contribution in [0.2, 0.25) is 0 Å². The molecular formula is C14H19F3N2. The van der Waals surface area contributed by atoms with Gasteiger partial charge in [-0.3, -0.25) is 0 Å². The fourth-order valence-corrected chi connectivity index (χ4v) is 2.36. The molecule has 5 heteroatoms. The van der Waals surface area contributed by atoms with Gasteiger partial charge in [0, 0.05) is 25.6 Å². The van der Waals surface area contributed by atoms with Crippen LogP contribution in [0, 0.1) is 0 Å². The van der Waals surface area contributed by atoms with Crippen molar-refractivity contribution in [1.29, 1.82) is 0 Å². The van der Waals surface area contributed by atoms with Crippen LogP contribution >= 0.6 is 0 Å². The summed E-state index contributed by atoms with van der Waals surface area (Å²) in [7, 11) is 0. The van der Waals surface area contributed by atoms with Crippen molar-refractivity contribution >= 4 is 0 Å². The lowest BCUT2D eigenvalue weighted by Crippen LogP contribution is -2.43. The molecular weight excluding hydrogens is 253 g/mol. The zero-order valence-electron chi connectivity index (χ0n) is 10.8. The summed E-state index contributed by atoms with van der Waals surface area (Å²) in [4.78, 5) is 0. The van der Waals surface area contributed by atoms with Gasteiger partial charge in [-0.25, -0.2) is 0 Å². The van der Waals surface area contributed by atoms with Gasteiger partial charge in [-0.2, -0.15) is 13.2 Å². The summed E-state index contributed by atoms with van der Waals surface area (Å²) in [5.41, 5.74) is 2.65. The van der Waals surface area contributed by atoms with Crippen LogP contribution in [0.3, 0.4) is 0 Å². The molecule has 1 atom stereocenters. The highest BCUT2D eigenvalue weighted by molar-refractivity contribution is 5.29. The molecule has 0 spiro atoms. The van der Waals surface area contributed by atoms with Crippen LogP contribution in [0.5, 0.6) is 0 Å². The minimum atomic E-state index is -4.04. The second kappa shape index (κ2) is 6.39. The number of nitrogens with one attached hydrogen (secondary N) is 2. The van der Waals surface area contributed by atoms with Crippen molar-refractivity contribution in [3.8, 4) is 0 Å². The predicted molar refractivity (Wildman–Crippen MR) is 68.9 cm³/mol. The number of benzene rings is 1. The van der Waals surface area contributed by atoms with Gasteiger partial charge in [0.05, 0.1) is 0 Å². The standard InChI is InChI=1S/C14H19F3N2/c15-14(16,17)6-3-7-18-10-13-8-11-4-1-2-5-12(11)9-19-13/h1-2,4-5,13,18-19H,3,6-10H2. The van der Waals surface area contributed by atoms with Crippen molar-refractivity contribution < 1.29 is 13.2 Å². The smallest absolute Gasteiger partial charge is 0.315 e. The minimum absolute atomic E-state index is 0.146. The molecule has 0 aromatic heterocycles. The molecule has 1 aromatic carbocycles. The normalized spacial score (nSPS) is 19.2. The second-order valence-electron chi connectivity index (χ2n) is 4.97. The monoisotopic (exact) mass is 272 g/mol. The molecule has 0 amide bonds. The van der Waals surface area contributed by atoms with Gasteiger partial charge in [0.2, 0.25) is 0 Å². The highest BCUT2D eigenvalue weighted by Crippen LogP contribution is 2.20. The van der Waals surface area contributed by atoms with Crippen molar-refractivity contribution in [1.82, 2.24) is 10.6 Å². The van der Waals surface area contributed by atoms with Gasteiger partial charge in [-0.1, -0.05) is 24.3 Å². The van der Waals surface area contributed by atoms with Gasteiger partial charge in [0.1, 0.15) is 0 Å². The molecule has 0 aliphatic carbocycles. The number of fused-ring (bicyclic) bond motifs is 1. The summed E-state index contributed by atoms with van der Waals surface area (Å²) in [6.45, 7) is 1.97. The molecule has 19 heavy (non-hydrogen) atoms. The number of halogens is 3. The number of hydrogen-bond donors (Lipinski definition) is 2. The Morgan fingerprint density at radius 2 is 1.95 bits per heavy atom. The van der Waals surface area contributed by atoms with E-state index in [4.69, 9.17) is 0 Å². The van der Waals surface area contributed by atoms with Crippen molar-refractivity contribution in [2.75, 3.05) is 13.1 Å². The molecule has 0 saturated carbocycles. The molecule has 106 valence electrons. The maximum Gasteiger partial charge on any atom is 0.389 e. The first-order chi connectivity index (χ1) is 9.04. The summed E-state index contributed by atoms with van der Waals surface area (Å²) in [5, 5.41) is 6.49. The topological polar surface area (TPSA) is 24.1 Å². The van der Waals surface area contributed by atoms with Crippen molar-refractivity contribution in [2.24, 2.45) is 0 Å². The minimum Gasteiger partial charge on any atom is -0.315 e. The second-order valence-corrected chi connectivity index (χ2v) is 4.97. The zero-order chi connectivity index (χ0) is 13.7. The predicted octanol–water partition coefficient (Wildman–Crippen LogP) is 2.63. The SMILES string of the molecule is FC(F)(F)CCCNCC1Cc2ccccc2CN1. The molecule has 1 aromatic rings. The summed E-state index contributed by atoms with van der Waals surface area (Å²) >= 11 is 0. The van der Waals surface area contributed by atoms with Gasteiger partial charge >= 0.3 is 6.18 Å². The van der Waals surface area contributed by atoms with E-state index in [1.165, 1.54) is 11.1 Å². The maximum absolute atomic E-state index is 12.0. The van der Waals surface area contributed by atoms with Crippen LogP contribution in [-0.4, -0.2) is 25.3 Å². The van der Waals surface area contributed by atoms with Gasteiger partial charge in [0.25, 0.3) is 0 Å². The summed E-state index contributed by atoms with van der Waals surface area (Å²) in [5.74, 6) is 0. The Kier molecular flexibility index (Phi) is 4.82. The maximum atomic E-state index is 12.0. The fraction of sp³-hybridized carbons (Fsp3) is 0.571. The van der Waals surface area contributed by atoms with E-state index in [0.29, 0.717) is 19.1 Å². The summed E-state index contributed by atoms with van der Waals surface area (Å²) in [6.07, 6.45) is -3.67. The Labute approximate surface area is 111 Å². The summed E-state index contributed by atoms with van der Waals surface area (Å²) in [6, 6.07) is 8.58. The number of hydrogen-bond acceptors (Lipinski definition) is 2. The highest BCUT2D eigenvalue weighted by Gasteiger charge is 2.25. The quantitative estimate of drug-likeness (QED) is 0.805. The van der Waals surface area contributed by atoms with Gasteiger partial charge in [-0.15, -0.1) is 0 Å². The third kappa shape index (κ3) is 4.84. The van der Waals surface area contributed by atoms with Crippen LogP contribution in [0.25, 0.3) is 0 Å². The average molecular weight is 272 g/mol. The van der Waals surface area contributed by atoms with Crippen molar-refractivity contribution in [3.63, 3.8) is 0 Å². The van der Waals surface area contributed by atoms with Crippen LogP contribution < -0.4 is 10.6 Å². The van der Waals surface area contributed by atoms with Crippen LogP contribution in [0.15, 0.2) is 24.3 Å². The molecule has 1 aliphatic rings. The van der Waals surface area contributed by atoms with E-state index in [1.807, 2.05) is 12.1 Å². The van der Waals surface area contributed by atoms with Gasteiger partial charge in [-0.05, 0) is 30.5 Å². The molecule has 0 saturated heterocycles. The fourth-order valence-electron chi connectivity index (χ4n) is 2.36. The third-order valence-electron chi connectivity index (χ3n) is 3.37. The highest BCUT2D eigenvalue weighted by atomic mass is 19.4. The van der Waals surface area contributed by atoms with E-state index < -0.39 is 12.6 Å². The molecule has 0 radical (unpaired) electrons. The van der Waals surface area contributed by atoms with Crippen LogP contribution in [0.4, 0.5) is 13.2 Å². The Morgan fingerprint density at radius 3 is 2.68 bits per heavy atom. The van der Waals surface area contributed by atoms with E-state index in [1.54, 1.807) is 0 Å². The van der Waals surface area contributed by atoms with Crippen LogP contribution in [-0.2, 0) is 13.0 Å². The zero-order valence-corrected chi connectivity index (χ0v) is 10.8. The Hall–Kier alpha value is -1.07. The molecule has 2 nitrogen and oxygen atoms in total. The molecule has 1 aliphatic heterocycles. The van der Waals surface area contributed by atoms with E-state index in [0.717, 1.165) is 13.0 Å². The number of rotatable bonds is 5. The first-order valence-corrected chi connectivity index (χ1v) is 6.62. The third-order valence-corrected chi connectivity index (χ3v) is 3.37. The van der Waals surface area contributed by atoms with Gasteiger partial charge in [0.15, 0.2) is 0 Å². The first kappa shape index (κ1) is 14.3. The lowest BCUT2D eigenvalue weighted by molar-refractivity contribution is -0.135. The molecule has 0 fully saturated rings. The van der Waals surface area contributed by atoms with E-state index in [2.05, 4.69) is 22.8 Å². The number of alkyl halides is 3. The Bertz CT molecular complexity index is 404. The molecule has 0 bridgehead atoms. The molecule has 1 heterocycles. The Morgan fingerprint density at radius 1 is 1.21 bits per heavy atom. The average Bonchev–Trinajstić information content (AvgIpc) is 2.37. The van der Waals surface area contributed by atoms with E-state index >= 15 is 0 Å². The molecule has 2 rings (SSSR count). The van der Waals surface area contributed by atoms with E-state index in [-0.39, 0.29) is 6.42 Å². The van der Waals surface area contributed by atoms with E-state index in [9.17, 15) is 13.2 Å². The first-order valence-electron chi connectivity index (χ1n) is 6.62. The molecule has 2 N–H and O–H groups in total. The summed E-state index contributed by atoms with van der Waals surface area (Å²) < 4.78 is 35.9. The van der Waals surface area contributed by atoms with Crippen LogP contribution in [0.1, 0.15) is 24.0 Å². The van der Waals surface area contributed by atoms with Crippen molar-refractivity contribution in [2.45, 2.75) is 38.0 Å².